The van der Waals surface area contributed by atoms with Crippen LogP contribution in [0.15, 0.2) is 12.1 Å². The van der Waals surface area contributed by atoms with Crippen LogP contribution < -0.4 is 4.90 Å². The van der Waals surface area contributed by atoms with Crippen LogP contribution in [-0.2, 0) is 0 Å². The van der Waals surface area contributed by atoms with Crippen LogP contribution in [0.2, 0.25) is 0 Å². The fourth-order valence-corrected chi connectivity index (χ4v) is 2.40. The summed E-state index contributed by atoms with van der Waals surface area (Å²) in [4.78, 5) is 13.5. The molecule has 1 aliphatic heterocycles. The molecule has 2 rings (SSSR count). The molecule has 0 bridgehead atoms. The fraction of sp³-hybridized carbons (Fsp3) is 0.500. The van der Waals surface area contributed by atoms with Gasteiger partial charge in [0.1, 0.15) is 0 Å². The van der Waals surface area contributed by atoms with E-state index in [1.165, 1.54) is 19.3 Å². The Kier molecular flexibility index (Phi) is 3.36. The summed E-state index contributed by atoms with van der Waals surface area (Å²) in [5, 5.41) is 9.19. The lowest BCUT2D eigenvalue weighted by Crippen LogP contribution is -2.29. The van der Waals surface area contributed by atoms with Gasteiger partial charge in [0.2, 0.25) is 0 Å². The van der Waals surface area contributed by atoms with Gasteiger partial charge >= 0.3 is 5.97 Å². The second kappa shape index (κ2) is 4.78. The second-order valence-electron chi connectivity index (χ2n) is 4.79. The topological polar surface area (TPSA) is 40.5 Å². The highest BCUT2D eigenvalue weighted by Crippen LogP contribution is 2.25. The largest absolute Gasteiger partial charge is 0.478 e. The van der Waals surface area contributed by atoms with Gasteiger partial charge in [-0.2, -0.15) is 0 Å². The van der Waals surface area contributed by atoms with Gasteiger partial charge < -0.3 is 10.0 Å². The maximum absolute atomic E-state index is 11.2. The number of anilines is 1. The summed E-state index contributed by atoms with van der Waals surface area (Å²) >= 11 is 0. The van der Waals surface area contributed by atoms with Crippen LogP contribution in [0.1, 0.15) is 40.7 Å². The number of benzene rings is 1. The van der Waals surface area contributed by atoms with E-state index in [0.717, 1.165) is 29.9 Å². The van der Waals surface area contributed by atoms with Gasteiger partial charge in [-0.15, -0.1) is 0 Å². The molecule has 1 aromatic carbocycles. The monoisotopic (exact) mass is 233 g/mol. The summed E-state index contributed by atoms with van der Waals surface area (Å²) < 4.78 is 0. The molecule has 1 N–H and O–H groups in total. The van der Waals surface area contributed by atoms with Crippen molar-refractivity contribution in [2.75, 3.05) is 18.0 Å². The van der Waals surface area contributed by atoms with Crippen molar-refractivity contribution >= 4 is 11.7 Å². The SMILES string of the molecule is Cc1cc(N2CCCCC2)cc(C(=O)O)c1C. The Morgan fingerprint density at radius 3 is 2.41 bits per heavy atom. The number of hydrogen-bond acceptors (Lipinski definition) is 2. The minimum Gasteiger partial charge on any atom is -0.478 e. The molecule has 0 radical (unpaired) electrons. The van der Waals surface area contributed by atoms with Crippen molar-refractivity contribution in [3.63, 3.8) is 0 Å². The molecular weight excluding hydrogens is 214 g/mol. The van der Waals surface area contributed by atoms with Crippen molar-refractivity contribution in [1.29, 1.82) is 0 Å². The minimum atomic E-state index is -0.829. The first-order valence-corrected chi connectivity index (χ1v) is 6.19. The molecule has 1 saturated heterocycles. The zero-order valence-corrected chi connectivity index (χ0v) is 10.5. The molecule has 0 unspecified atom stereocenters. The first-order valence-electron chi connectivity index (χ1n) is 6.19. The van der Waals surface area contributed by atoms with Crippen molar-refractivity contribution in [2.24, 2.45) is 0 Å². The first-order chi connectivity index (χ1) is 8.09. The van der Waals surface area contributed by atoms with E-state index in [2.05, 4.69) is 11.0 Å². The number of nitrogens with zero attached hydrogens (tertiary/aromatic N) is 1. The molecule has 17 heavy (non-hydrogen) atoms. The number of aryl methyl sites for hydroxylation is 1. The fourth-order valence-electron chi connectivity index (χ4n) is 2.40. The number of hydrogen-bond donors (Lipinski definition) is 1. The van der Waals surface area contributed by atoms with E-state index in [1.807, 2.05) is 19.9 Å². The number of piperidine rings is 1. The van der Waals surface area contributed by atoms with Gasteiger partial charge in [0.25, 0.3) is 0 Å². The normalized spacial score (nSPS) is 16.0. The molecule has 0 aliphatic carbocycles. The predicted molar refractivity (Wildman–Crippen MR) is 68.9 cm³/mol. The van der Waals surface area contributed by atoms with Gasteiger partial charge in [-0.3, -0.25) is 0 Å². The van der Waals surface area contributed by atoms with Crippen LogP contribution in [0.5, 0.6) is 0 Å². The average molecular weight is 233 g/mol. The molecule has 3 nitrogen and oxygen atoms in total. The van der Waals surface area contributed by atoms with Crippen LogP contribution in [0.25, 0.3) is 0 Å². The third-order valence-electron chi connectivity index (χ3n) is 3.60. The Hall–Kier alpha value is -1.51. The predicted octanol–water partition coefficient (Wildman–Crippen LogP) is 2.99. The van der Waals surface area contributed by atoms with E-state index in [1.54, 1.807) is 0 Å². The molecule has 0 amide bonds. The van der Waals surface area contributed by atoms with Gasteiger partial charge in [0, 0.05) is 18.8 Å². The summed E-state index contributed by atoms with van der Waals surface area (Å²) in [7, 11) is 0. The van der Waals surface area contributed by atoms with Crippen molar-refractivity contribution in [3.05, 3.63) is 28.8 Å². The molecule has 0 saturated carbocycles. The zero-order valence-electron chi connectivity index (χ0n) is 10.5. The second-order valence-corrected chi connectivity index (χ2v) is 4.79. The van der Waals surface area contributed by atoms with Gasteiger partial charge in [-0.05, 0) is 56.4 Å². The van der Waals surface area contributed by atoms with Crippen LogP contribution >= 0.6 is 0 Å². The first kappa shape index (κ1) is 12.0. The molecule has 0 atom stereocenters. The van der Waals surface area contributed by atoms with Crippen LogP contribution in [0.4, 0.5) is 5.69 Å². The van der Waals surface area contributed by atoms with Gasteiger partial charge in [0.05, 0.1) is 5.56 Å². The minimum absolute atomic E-state index is 0.436. The molecule has 0 spiro atoms. The van der Waals surface area contributed by atoms with E-state index >= 15 is 0 Å². The smallest absolute Gasteiger partial charge is 0.336 e. The van der Waals surface area contributed by atoms with E-state index in [9.17, 15) is 9.90 Å². The number of carboxylic acid groups (broad SMARTS) is 1. The van der Waals surface area contributed by atoms with Crippen molar-refractivity contribution in [1.82, 2.24) is 0 Å². The Morgan fingerprint density at radius 1 is 1.18 bits per heavy atom. The van der Waals surface area contributed by atoms with Crippen molar-refractivity contribution in [3.8, 4) is 0 Å². The molecule has 0 aromatic heterocycles. The van der Waals surface area contributed by atoms with E-state index in [4.69, 9.17) is 0 Å². The van der Waals surface area contributed by atoms with E-state index < -0.39 is 5.97 Å². The lowest BCUT2D eigenvalue weighted by Gasteiger charge is -2.29. The number of aromatic carboxylic acids is 1. The summed E-state index contributed by atoms with van der Waals surface area (Å²) in [6.07, 6.45) is 3.69. The number of rotatable bonds is 2. The van der Waals surface area contributed by atoms with Gasteiger partial charge in [-0.25, -0.2) is 4.79 Å². The lowest BCUT2D eigenvalue weighted by atomic mass is 10.0. The Balaban J connectivity index is 2.37. The van der Waals surface area contributed by atoms with Crippen LogP contribution in [-0.4, -0.2) is 24.2 Å². The quantitative estimate of drug-likeness (QED) is 0.853. The summed E-state index contributed by atoms with van der Waals surface area (Å²) in [6, 6.07) is 3.92. The molecule has 92 valence electrons. The average Bonchev–Trinajstić information content (AvgIpc) is 2.33. The van der Waals surface area contributed by atoms with Crippen LogP contribution in [0.3, 0.4) is 0 Å². The Bertz CT molecular complexity index is 434. The Morgan fingerprint density at radius 2 is 1.82 bits per heavy atom. The van der Waals surface area contributed by atoms with Gasteiger partial charge in [0.15, 0.2) is 0 Å². The van der Waals surface area contributed by atoms with Crippen molar-refractivity contribution in [2.45, 2.75) is 33.1 Å². The highest BCUT2D eigenvalue weighted by atomic mass is 16.4. The Labute approximate surface area is 102 Å². The summed E-state index contributed by atoms with van der Waals surface area (Å²) in [5.41, 5.74) is 3.43. The van der Waals surface area contributed by atoms with Crippen molar-refractivity contribution < 1.29 is 9.90 Å². The maximum atomic E-state index is 11.2. The van der Waals surface area contributed by atoms with Gasteiger partial charge in [-0.1, -0.05) is 0 Å². The highest BCUT2D eigenvalue weighted by Gasteiger charge is 2.16. The lowest BCUT2D eigenvalue weighted by molar-refractivity contribution is 0.0696. The maximum Gasteiger partial charge on any atom is 0.336 e. The molecular formula is C14H19NO2. The zero-order chi connectivity index (χ0) is 12.4. The van der Waals surface area contributed by atoms with E-state index in [0.29, 0.717) is 5.56 Å². The third-order valence-corrected chi connectivity index (χ3v) is 3.60. The standard InChI is InChI=1S/C14H19NO2/c1-10-8-12(15-6-4-3-5-7-15)9-13(11(10)2)14(16)17/h8-9H,3-7H2,1-2H3,(H,16,17). The molecule has 3 heteroatoms. The number of carbonyl (C=O) groups is 1. The summed E-state index contributed by atoms with van der Waals surface area (Å²) in [6.45, 7) is 5.94. The molecule has 1 aliphatic rings. The molecule has 1 heterocycles. The highest BCUT2D eigenvalue weighted by molar-refractivity contribution is 5.91. The molecule has 1 fully saturated rings. The van der Waals surface area contributed by atoms with Crippen LogP contribution in [0, 0.1) is 13.8 Å². The molecule has 1 aromatic rings. The van der Waals surface area contributed by atoms with E-state index in [-0.39, 0.29) is 0 Å². The third kappa shape index (κ3) is 2.43. The number of carboxylic acids is 1. The summed E-state index contributed by atoms with van der Waals surface area (Å²) in [5.74, 6) is -0.829.